The molecule has 0 aromatic rings. The number of hydrogen-bond acceptors (Lipinski definition) is 11. The summed E-state index contributed by atoms with van der Waals surface area (Å²) >= 11 is 0. The van der Waals surface area contributed by atoms with E-state index in [-0.39, 0.29) is 12.2 Å². The van der Waals surface area contributed by atoms with Gasteiger partial charge in [-0.25, -0.2) is 9.59 Å². The summed E-state index contributed by atoms with van der Waals surface area (Å²) in [7, 11) is 3.69. The van der Waals surface area contributed by atoms with Gasteiger partial charge in [0.05, 0.1) is 13.2 Å². The van der Waals surface area contributed by atoms with Crippen LogP contribution in [-0.2, 0) is 28.5 Å². The zero-order valence-corrected chi connectivity index (χ0v) is 37.6. The SMILES string of the molecule is CCC1CCN(C2CCOCC2)CC1.CN(C(=O)OC(C)(C)C)C1CCN(C2CCOCC2)CC1.CN(C(=O)OC(C)(C)C)C1CCNCC1.O=C1CCOCC1. The highest BCUT2D eigenvalue weighted by Crippen LogP contribution is 2.25. The number of ketones is 1. The Labute approximate surface area is 346 Å². The molecule has 0 aromatic carbocycles. The van der Waals surface area contributed by atoms with E-state index in [1.54, 1.807) is 9.80 Å². The van der Waals surface area contributed by atoms with E-state index in [1.165, 1.54) is 45.2 Å². The summed E-state index contributed by atoms with van der Waals surface area (Å²) in [5.74, 6) is 1.34. The summed E-state index contributed by atoms with van der Waals surface area (Å²) in [6, 6.07) is 2.13. The maximum atomic E-state index is 12.1. The van der Waals surface area contributed by atoms with Crippen LogP contribution < -0.4 is 5.32 Å². The molecule has 13 heteroatoms. The predicted octanol–water partition coefficient (Wildman–Crippen LogP) is 6.76. The molecule has 332 valence electrons. The number of carbonyl (C=O) groups excluding carboxylic acids is 3. The number of hydrogen-bond donors (Lipinski definition) is 1. The molecule has 1 N–H and O–H groups in total. The largest absolute Gasteiger partial charge is 0.444 e. The summed E-state index contributed by atoms with van der Waals surface area (Å²) in [5.41, 5.74) is -0.827. The van der Waals surface area contributed by atoms with Crippen LogP contribution in [0, 0.1) is 5.92 Å². The number of nitrogens with zero attached hydrogens (tertiary/aromatic N) is 4. The smallest absolute Gasteiger partial charge is 0.410 e. The molecule has 0 atom stereocenters. The molecule has 13 nitrogen and oxygen atoms in total. The molecular weight excluding hydrogens is 727 g/mol. The molecule has 2 amide bonds. The van der Waals surface area contributed by atoms with Gasteiger partial charge in [0, 0.05) is 90.6 Å². The average molecular weight is 810 g/mol. The van der Waals surface area contributed by atoms with Gasteiger partial charge >= 0.3 is 12.2 Å². The third kappa shape index (κ3) is 19.7. The summed E-state index contributed by atoms with van der Waals surface area (Å²) in [4.78, 5) is 43.0. The van der Waals surface area contributed by atoms with Crippen molar-refractivity contribution in [3.63, 3.8) is 0 Å². The molecule has 6 heterocycles. The maximum absolute atomic E-state index is 12.1. The minimum Gasteiger partial charge on any atom is -0.444 e. The molecule has 0 saturated carbocycles. The van der Waals surface area contributed by atoms with E-state index in [1.807, 2.05) is 55.6 Å². The second-order valence-corrected chi connectivity index (χ2v) is 18.7. The lowest BCUT2D eigenvalue weighted by Gasteiger charge is -2.41. The number of likely N-dealkylation sites (tertiary alicyclic amines) is 2. The second-order valence-electron chi connectivity index (χ2n) is 18.7. The van der Waals surface area contributed by atoms with Gasteiger partial charge in [0.1, 0.15) is 17.0 Å². The van der Waals surface area contributed by atoms with Gasteiger partial charge in [-0.2, -0.15) is 0 Å². The predicted molar refractivity (Wildman–Crippen MR) is 226 cm³/mol. The Bertz CT molecular complexity index is 1120. The third-order valence-corrected chi connectivity index (χ3v) is 12.0. The van der Waals surface area contributed by atoms with Gasteiger partial charge < -0.3 is 48.6 Å². The average Bonchev–Trinajstić information content (AvgIpc) is 3.21. The first kappa shape index (κ1) is 49.3. The van der Waals surface area contributed by atoms with Crippen LogP contribution in [0.3, 0.4) is 0 Å². The number of ether oxygens (including phenoxy) is 5. The van der Waals surface area contributed by atoms with Crippen molar-refractivity contribution in [2.45, 2.75) is 167 Å². The van der Waals surface area contributed by atoms with Gasteiger partial charge in [-0.15, -0.1) is 0 Å². The first-order valence-corrected chi connectivity index (χ1v) is 22.4. The maximum Gasteiger partial charge on any atom is 0.410 e. The molecule has 6 fully saturated rings. The lowest BCUT2D eigenvalue weighted by atomic mass is 9.92. The molecule has 6 rings (SSSR count). The number of carbonyl (C=O) groups is 3. The van der Waals surface area contributed by atoms with E-state index >= 15 is 0 Å². The van der Waals surface area contributed by atoms with Crippen molar-refractivity contribution in [1.29, 1.82) is 0 Å². The lowest BCUT2D eigenvalue weighted by molar-refractivity contribution is -0.124. The van der Waals surface area contributed by atoms with Gasteiger partial charge in [0.25, 0.3) is 0 Å². The Kier molecular flexibility index (Phi) is 22.1. The summed E-state index contributed by atoms with van der Waals surface area (Å²) in [5, 5.41) is 3.28. The molecule has 6 saturated heterocycles. The fourth-order valence-corrected chi connectivity index (χ4v) is 8.22. The van der Waals surface area contributed by atoms with Crippen molar-refractivity contribution in [3.8, 4) is 0 Å². The minimum absolute atomic E-state index is 0.202. The molecule has 0 aromatic heterocycles. The van der Waals surface area contributed by atoms with Gasteiger partial charge in [0.2, 0.25) is 0 Å². The van der Waals surface area contributed by atoms with Crippen molar-refractivity contribution in [2.75, 3.05) is 93.0 Å². The van der Waals surface area contributed by atoms with Gasteiger partial charge in [0.15, 0.2) is 0 Å². The van der Waals surface area contributed by atoms with E-state index < -0.39 is 11.2 Å². The zero-order valence-electron chi connectivity index (χ0n) is 37.6. The Morgan fingerprint density at radius 1 is 0.614 bits per heavy atom. The molecule has 6 aliphatic rings. The van der Waals surface area contributed by atoms with E-state index in [0.29, 0.717) is 50.0 Å². The first-order valence-electron chi connectivity index (χ1n) is 22.4. The first-order chi connectivity index (χ1) is 27.1. The quantitative estimate of drug-likeness (QED) is 0.317. The molecule has 0 aliphatic carbocycles. The molecule has 0 unspecified atom stereocenters. The number of rotatable bonds is 5. The number of amides is 2. The fraction of sp³-hybridized carbons (Fsp3) is 0.932. The third-order valence-electron chi connectivity index (χ3n) is 12.0. The van der Waals surface area contributed by atoms with Crippen LogP contribution in [0.2, 0.25) is 0 Å². The fourth-order valence-electron chi connectivity index (χ4n) is 8.22. The second kappa shape index (κ2) is 25.6. The Morgan fingerprint density at radius 2 is 0.982 bits per heavy atom. The number of piperidine rings is 3. The van der Waals surface area contributed by atoms with Gasteiger partial charge in [-0.05, 0) is 138 Å². The standard InChI is InChI=1S/C16H30N2O3.C12H23NO.C11H22N2O2.C5H8O2/c1-16(2,3)21-15(19)17(4)13-5-9-18(10-6-13)14-7-11-20-12-8-14;1-2-11-3-7-13(8-4-11)12-5-9-14-10-6-12;1-11(2,3)15-10(14)13(4)9-5-7-12-8-6-9;6-5-1-3-7-4-2-5/h13-14H,5-12H2,1-4H3;11-12H,2-10H2,1H3;9,12H,5-8H2,1-4H3;1-4H2. The van der Waals surface area contributed by atoms with Gasteiger partial charge in [-0.1, -0.05) is 13.3 Å². The Morgan fingerprint density at radius 3 is 1.33 bits per heavy atom. The minimum atomic E-state index is -0.422. The van der Waals surface area contributed by atoms with Crippen LogP contribution in [0.4, 0.5) is 9.59 Å². The van der Waals surface area contributed by atoms with E-state index in [0.717, 1.165) is 103 Å². The lowest BCUT2D eigenvalue weighted by Crippen LogP contribution is -2.50. The van der Waals surface area contributed by atoms with E-state index in [2.05, 4.69) is 22.0 Å². The van der Waals surface area contributed by atoms with Crippen molar-refractivity contribution in [1.82, 2.24) is 24.9 Å². The molecule has 0 bridgehead atoms. The van der Waals surface area contributed by atoms with E-state index in [9.17, 15) is 14.4 Å². The normalized spacial score (nSPS) is 23.1. The van der Waals surface area contributed by atoms with Crippen LogP contribution >= 0.6 is 0 Å². The summed E-state index contributed by atoms with van der Waals surface area (Å²) in [6.07, 6.45) is 14.0. The van der Waals surface area contributed by atoms with Crippen LogP contribution in [-0.4, -0.2) is 166 Å². The highest BCUT2D eigenvalue weighted by molar-refractivity contribution is 5.79. The molecule has 0 radical (unpaired) electrons. The van der Waals surface area contributed by atoms with E-state index in [4.69, 9.17) is 23.7 Å². The molecule has 0 spiro atoms. The molecule has 57 heavy (non-hydrogen) atoms. The van der Waals surface area contributed by atoms with Crippen molar-refractivity contribution >= 4 is 18.0 Å². The van der Waals surface area contributed by atoms with Crippen molar-refractivity contribution in [2.24, 2.45) is 5.92 Å². The van der Waals surface area contributed by atoms with Crippen molar-refractivity contribution in [3.05, 3.63) is 0 Å². The zero-order chi connectivity index (χ0) is 41.8. The summed E-state index contributed by atoms with van der Waals surface area (Å²) in [6.45, 7) is 25.5. The van der Waals surface area contributed by atoms with Crippen molar-refractivity contribution < 1.29 is 38.1 Å². The monoisotopic (exact) mass is 810 g/mol. The highest BCUT2D eigenvalue weighted by atomic mass is 16.6. The number of nitrogens with one attached hydrogen (secondary N) is 1. The Balaban J connectivity index is 0.000000215. The van der Waals surface area contributed by atoms with Crippen LogP contribution in [0.15, 0.2) is 0 Å². The summed E-state index contributed by atoms with van der Waals surface area (Å²) < 4.78 is 26.5. The van der Waals surface area contributed by atoms with Crippen LogP contribution in [0.1, 0.15) is 132 Å². The highest BCUT2D eigenvalue weighted by Gasteiger charge is 2.32. The topological polar surface area (TPSA) is 122 Å². The van der Waals surface area contributed by atoms with Crippen LogP contribution in [0.25, 0.3) is 0 Å². The Hall–Kier alpha value is -2.03. The van der Waals surface area contributed by atoms with Gasteiger partial charge in [-0.3, -0.25) is 4.79 Å². The van der Waals surface area contributed by atoms with Crippen LogP contribution in [0.5, 0.6) is 0 Å². The number of Topliss-reactive ketones (excluding diaryl/α,β-unsaturated/α-hetero) is 1. The molecular formula is C44H83N5O8. The molecule has 6 aliphatic heterocycles.